The average molecular weight is 295 g/mol. The van der Waals surface area contributed by atoms with Crippen molar-refractivity contribution < 1.29 is 18.7 Å². The van der Waals surface area contributed by atoms with Crippen LogP contribution < -0.4 is 9.47 Å². The van der Waals surface area contributed by atoms with Crippen LogP contribution in [0.2, 0.25) is 5.02 Å². The third-order valence-corrected chi connectivity index (χ3v) is 2.96. The minimum absolute atomic E-state index is 0.120. The molecule has 3 nitrogen and oxygen atoms in total. The van der Waals surface area contributed by atoms with E-state index < -0.39 is 5.82 Å². The van der Waals surface area contributed by atoms with Gasteiger partial charge < -0.3 is 9.47 Å². The fourth-order valence-corrected chi connectivity index (χ4v) is 1.86. The Kier molecular flexibility index (Phi) is 4.58. The van der Waals surface area contributed by atoms with Gasteiger partial charge in [0.05, 0.1) is 12.1 Å². The standard InChI is InChI=1S/C15H12ClFO3/c1-19-11-5-2-4-10(8-11)14(18)9-20-15-12(16)6-3-7-13(15)17/h2-8H,9H2,1H3. The van der Waals surface area contributed by atoms with Gasteiger partial charge in [0.1, 0.15) is 5.75 Å². The Morgan fingerprint density at radius 2 is 2.00 bits per heavy atom. The summed E-state index contributed by atoms with van der Waals surface area (Å²) in [7, 11) is 1.51. The first kappa shape index (κ1) is 14.3. The maximum absolute atomic E-state index is 13.5. The minimum Gasteiger partial charge on any atom is -0.497 e. The molecule has 0 aliphatic carbocycles. The van der Waals surface area contributed by atoms with Gasteiger partial charge in [-0.2, -0.15) is 0 Å². The predicted molar refractivity (Wildman–Crippen MR) is 74.2 cm³/mol. The number of ether oxygens (including phenoxy) is 2. The molecule has 20 heavy (non-hydrogen) atoms. The molecular weight excluding hydrogens is 283 g/mol. The Balaban J connectivity index is 2.09. The summed E-state index contributed by atoms with van der Waals surface area (Å²) in [6, 6.07) is 10.8. The molecule has 0 saturated carbocycles. The number of rotatable bonds is 5. The van der Waals surface area contributed by atoms with Crippen LogP contribution in [-0.4, -0.2) is 19.5 Å². The van der Waals surface area contributed by atoms with E-state index in [4.69, 9.17) is 21.1 Å². The minimum atomic E-state index is -0.601. The highest BCUT2D eigenvalue weighted by atomic mass is 35.5. The molecule has 0 N–H and O–H groups in total. The third kappa shape index (κ3) is 3.27. The summed E-state index contributed by atoms with van der Waals surface area (Å²) < 4.78 is 23.7. The molecule has 5 heteroatoms. The zero-order valence-corrected chi connectivity index (χ0v) is 11.5. The summed E-state index contributed by atoms with van der Waals surface area (Å²) in [6.07, 6.45) is 0. The fraction of sp³-hybridized carbons (Fsp3) is 0.133. The number of halogens is 2. The van der Waals surface area contributed by atoms with Gasteiger partial charge >= 0.3 is 0 Å². The van der Waals surface area contributed by atoms with Gasteiger partial charge in [0.2, 0.25) is 0 Å². The zero-order valence-electron chi connectivity index (χ0n) is 10.7. The Bertz CT molecular complexity index is 608. The molecule has 104 valence electrons. The van der Waals surface area contributed by atoms with E-state index in [9.17, 15) is 9.18 Å². The van der Waals surface area contributed by atoms with Gasteiger partial charge in [0.15, 0.2) is 24.0 Å². The van der Waals surface area contributed by atoms with Gasteiger partial charge in [-0.15, -0.1) is 0 Å². The lowest BCUT2D eigenvalue weighted by molar-refractivity contribution is 0.0918. The number of ketones is 1. The third-order valence-electron chi connectivity index (χ3n) is 2.66. The molecule has 0 spiro atoms. The topological polar surface area (TPSA) is 35.5 Å². The van der Waals surface area contributed by atoms with Crippen LogP contribution in [-0.2, 0) is 0 Å². The van der Waals surface area contributed by atoms with Gasteiger partial charge in [0, 0.05) is 5.56 Å². The number of carbonyl (C=O) groups is 1. The molecule has 2 rings (SSSR count). The Morgan fingerprint density at radius 3 is 2.70 bits per heavy atom. The van der Waals surface area contributed by atoms with Crippen LogP contribution >= 0.6 is 11.6 Å². The quantitative estimate of drug-likeness (QED) is 0.788. The van der Waals surface area contributed by atoms with Crippen LogP contribution in [0.15, 0.2) is 42.5 Å². The van der Waals surface area contributed by atoms with E-state index in [0.717, 1.165) is 0 Å². The maximum Gasteiger partial charge on any atom is 0.200 e. The first-order valence-electron chi connectivity index (χ1n) is 5.86. The molecule has 0 unspecified atom stereocenters. The van der Waals surface area contributed by atoms with Crippen molar-refractivity contribution in [3.63, 3.8) is 0 Å². The van der Waals surface area contributed by atoms with Crippen molar-refractivity contribution in [2.75, 3.05) is 13.7 Å². The Hall–Kier alpha value is -2.07. The van der Waals surface area contributed by atoms with Gasteiger partial charge in [-0.25, -0.2) is 4.39 Å². The molecule has 0 fully saturated rings. The number of Topliss-reactive ketones (excluding diaryl/α,β-unsaturated/α-hetero) is 1. The number of carbonyl (C=O) groups excluding carboxylic acids is 1. The van der Waals surface area contributed by atoms with Gasteiger partial charge in [-0.1, -0.05) is 29.8 Å². The summed E-state index contributed by atoms with van der Waals surface area (Å²) in [5.41, 5.74) is 0.428. The summed E-state index contributed by atoms with van der Waals surface area (Å²) in [5, 5.41) is 0.128. The predicted octanol–water partition coefficient (Wildman–Crippen LogP) is 3.75. The SMILES string of the molecule is COc1cccc(C(=O)COc2c(F)cccc2Cl)c1. The molecule has 0 atom stereocenters. The van der Waals surface area contributed by atoms with Gasteiger partial charge in [-0.05, 0) is 24.3 Å². The molecule has 0 heterocycles. The first-order valence-corrected chi connectivity index (χ1v) is 6.23. The molecule has 0 amide bonds. The van der Waals surface area contributed by atoms with Crippen molar-refractivity contribution in [1.29, 1.82) is 0 Å². The van der Waals surface area contributed by atoms with Gasteiger partial charge in [0.25, 0.3) is 0 Å². The highest BCUT2D eigenvalue weighted by molar-refractivity contribution is 6.32. The van der Waals surface area contributed by atoms with Crippen LogP contribution in [0.3, 0.4) is 0 Å². The van der Waals surface area contributed by atoms with Crippen molar-refractivity contribution >= 4 is 17.4 Å². The zero-order chi connectivity index (χ0) is 14.5. The van der Waals surface area contributed by atoms with Gasteiger partial charge in [-0.3, -0.25) is 4.79 Å². The molecule has 0 aromatic heterocycles. The number of methoxy groups -OCH3 is 1. The second-order valence-corrected chi connectivity index (χ2v) is 4.40. The molecule has 0 radical (unpaired) electrons. The molecule has 0 saturated heterocycles. The summed E-state index contributed by atoms with van der Waals surface area (Å²) >= 11 is 5.81. The Labute approximate surface area is 120 Å². The van der Waals surface area contributed by atoms with Crippen molar-refractivity contribution in [3.8, 4) is 11.5 Å². The van der Waals surface area contributed by atoms with Crippen LogP contribution in [0, 0.1) is 5.82 Å². The average Bonchev–Trinajstić information content (AvgIpc) is 2.46. The summed E-state index contributed by atoms with van der Waals surface area (Å²) in [4.78, 5) is 12.0. The Morgan fingerprint density at radius 1 is 1.25 bits per heavy atom. The van der Waals surface area contributed by atoms with Crippen molar-refractivity contribution in [2.24, 2.45) is 0 Å². The lowest BCUT2D eigenvalue weighted by Crippen LogP contribution is -2.12. The number of hydrogen-bond donors (Lipinski definition) is 0. The van der Waals surface area contributed by atoms with Crippen molar-refractivity contribution in [1.82, 2.24) is 0 Å². The molecule has 0 bridgehead atoms. The van der Waals surface area contributed by atoms with Crippen molar-refractivity contribution in [2.45, 2.75) is 0 Å². The normalized spacial score (nSPS) is 10.2. The largest absolute Gasteiger partial charge is 0.497 e. The first-order chi connectivity index (χ1) is 9.61. The second-order valence-electron chi connectivity index (χ2n) is 3.99. The number of hydrogen-bond acceptors (Lipinski definition) is 3. The summed E-state index contributed by atoms with van der Waals surface area (Å²) in [6.45, 7) is -0.298. The highest BCUT2D eigenvalue weighted by Crippen LogP contribution is 2.27. The van der Waals surface area contributed by atoms with E-state index in [0.29, 0.717) is 11.3 Å². The van der Waals surface area contributed by atoms with E-state index >= 15 is 0 Å². The number of para-hydroxylation sites is 1. The molecule has 0 aliphatic rings. The second kappa shape index (κ2) is 6.39. The molecule has 0 aliphatic heterocycles. The smallest absolute Gasteiger partial charge is 0.200 e. The van der Waals surface area contributed by atoms with E-state index in [1.165, 1.54) is 25.3 Å². The van der Waals surface area contributed by atoms with Crippen molar-refractivity contribution in [3.05, 3.63) is 58.9 Å². The molecular formula is C15H12ClFO3. The van der Waals surface area contributed by atoms with E-state index in [2.05, 4.69) is 0 Å². The monoisotopic (exact) mass is 294 g/mol. The molecule has 2 aromatic rings. The molecule has 2 aromatic carbocycles. The summed E-state index contributed by atoms with van der Waals surface area (Å²) in [5.74, 6) is -0.440. The highest BCUT2D eigenvalue weighted by Gasteiger charge is 2.12. The van der Waals surface area contributed by atoms with Crippen LogP contribution in [0.1, 0.15) is 10.4 Å². The maximum atomic E-state index is 13.5. The lowest BCUT2D eigenvalue weighted by Gasteiger charge is -2.08. The van der Waals surface area contributed by atoms with Crippen LogP contribution in [0.5, 0.6) is 11.5 Å². The fourth-order valence-electron chi connectivity index (χ4n) is 1.64. The van der Waals surface area contributed by atoms with Crippen LogP contribution in [0.4, 0.5) is 4.39 Å². The van der Waals surface area contributed by atoms with E-state index in [1.807, 2.05) is 0 Å². The van der Waals surface area contributed by atoms with E-state index in [1.54, 1.807) is 24.3 Å². The van der Waals surface area contributed by atoms with Crippen LogP contribution in [0.25, 0.3) is 0 Å². The lowest BCUT2D eigenvalue weighted by atomic mass is 10.1. The van der Waals surface area contributed by atoms with E-state index in [-0.39, 0.29) is 23.2 Å². The number of benzene rings is 2.